The highest BCUT2D eigenvalue weighted by molar-refractivity contribution is 5.24. The van der Waals surface area contributed by atoms with Crippen LogP contribution in [0, 0.1) is 13.8 Å². The van der Waals surface area contributed by atoms with Gasteiger partial charge < -0.3 is 0 Å². The molecule has 0 aliphatic carbocycles. The van der Waals surface area contributed by atoms with Crippen LogP contribution >= 0.6 is 0 Å². The quantitative estimate of drug-likeness (QED) is 0.885. The van der Waals surface area contributed by atoms with Crippen molar-refractivity contribution in [2.24, 2.45) is 0 Å². The molecule has 0 radical (unpaired) electrons. The van der Waals surface area contributed by atoms with E-state index in [2.05, 4.69) is 38.0 Å². The van der Waals surface area contributed by atoms with Gasteiger partial charge in [-0.15, -0.1) is 0 Å². The van der Waals surface area contributed by atoms with Crippen molar-refractivity contribution in [3.8, 4) is 0 Å². The number of H-pyrrole nitrogens is 1. The van der Waals surface area contributed by atoms with E-state index in [4.69, 9.17) is 0 Å². The topological polar surface area (TPSA) is 37.8 Å². The molecule has 2 rings (SSSR count). The molecule has 0 spiro atoms. The van der Waals surface area contributed by atoms with Crippen LogP contribution in [0.1, 0.15) is 42.1 Å². The molecule has 0 bridgehead atoms. The van der Waals surface area contributed by atoms with E-state index in [0.717, 1.165) is 16.8 Å². The highest BCUT2D eigenvalue weighted by Gasteiger charge is 2.14. The predicted octanol–water partition coefficient (Wildman–Crippen LogP) is 2.96. The second-order valence-corrected chi connectivity index (χ2v) is 5.19. The minimum absolute atomic E-state index is 0.101. The largest absolute Gasteiger partial charge is 0.299 e. The maximum Gasteiger partial charge on any atom is 0.270 e. The minimum atomic E-state index is 0.101. The summed E-state index contributed by atoms with van der Waals surface area (Å²) in [6, 6.07) is 8.24. The van der Waals surface area contributed by atoms with Gasteiger partial charge in [0.1, 0.15) is 0 Å². The smallest absolute Gasteiger partial charge is 0.270 e. The Balaban J connectivity index is 2.36. The number of aromatic amines is 1. The Morgan fingerprint density at radius 1 is 1.28 bits per heavy atom. The molecular weight excluding hydrogens is 224 g/mol. The van der Waals surface area contributed by atoms with Crippen molar-refractivity contribution in [2.45, 2.75) is 40.2 Å². The van der Waals surface area contributed by atoms with Gasteiger partial charge in [0.05, 0.1) is 6.54 Å². The van der Waals surface area contributed by atoms with Crippen molar-refractivity contribution in [2.75, 3.05) is 0 Å². The zero-order valence-corrected chi connectivity index (χ0v) is 11.4. The Morgan fingerprint density at radius 3 is 2.56 bits per heavy atom. The number of aromatic nitrogens is 2. The van der Waals surface area contributed by atoms with Gasteiger partial charge in [-0.25, -0.2) is 4.68 Å². The van der Waals surface area contributed by atoms with Crippen LogP contribution in [0.2, 0.25) is 0 Å². The van der Waals surface area contributed by atoms with Gasteiger partial charge in [0.15, 0.2) is 0 Å². The standard InChI is InChI=1S/C15H20N2O/c1-10(2)14-12(4)16-17(15(14)18)9-13-7-5-6-11(3)8-13/h5-8,10,16H,9H2,1-4H3. The molecule has 1 heterocycles. The summed E-state index contributed by atoms with van der Waals surface area (Å²) in [5.74, 6) is 0.257. The van der Waals surface area contributed by atoms with Crippen LogP contribution in [-0.2, 0) is 6.54 Å². The summed E-state index contributed by atoms with van der Waals surface area (Å²) >= 11 is 0. The Hall–Kier alpha value is -1.77. The highest BCUT2D eigenvalue weighted by Crippen LogP contribution is 2.13. The van der Waals surface area contributed by atoms with E-state index in [1.807, 2.05) is 19.1 Å². The number of rotatable bonds is 3. The summed E-state index contributed by atoms with van der Waals surface area (Å²) in [5.41, 5.74) is 4.33. The van der Waals surface area contributed by atoms with Crippen LogP contribution < -0.4 is 5.56 Å². The molecule has 3 nitrogen and oxygen atoms in total. The molecular formula is C15H20N2O. The molecule has 18 heavy (non-hydrogen) atoms. The normalized spacial score (nSPS) is 11.2. The Labute approximate surface area is 107 Å². The fourth-order valence-corrected chi connectivity index (χ4v) is 2.40. The van der Waals surface area contributed by atoms with Crippen molar-refractivity contribution in [3.63, 3.8) is 0 Å². The first-order valence-electron chi connectivity index (χ1n) is 6.34. The molecule has 3 heteroatoms. The molecule has 0 aliphatic heterocycles. The van der Waals surface area contributed by atoms with Crippen LogP contribution in [0.4, 0.5) is 0 Å². The van der Waals surface area contributed by atoms with Crippen LogP contribution in [0.15, 0.2) is 29.1 Å². The van der Waals surface area contributed by atoms with Gasteiger partial charge in [-0.2, -0.15) is 0 Å². The van der Waals surface area contributed by atoms with Gasteiger partial charge in [0.25, 0.3) is 5.56 Å². The molecule has 1 aromatic carbocycles. The van der Waals surface area contributed by atoms with Crippen LogP contribution in [0.3, 0.4) is 0 Å². The van der Waals surface area contributed by atoms with Crippen LogP contribution in [-0.4, -0.2) is 9.78 Å². The van der Waals surface area contributed by atoms with Crippen LogP contribution in [0.25, 0.3) is 0 Å². The molecule has 0 saturated carbocycles. The molecule has 0 aliphatic rings. The van der Waals surface area contributed by atoms with Gasteiger partial charge in [-0.05, 0) is 25.3 Å². The molecule has 96 valence electrons. The van der Waals surface area contributed by atoms with Gasteiger partial charge in [0, 0.05) is 11.3 Å². The Kier molecular flexibility index (Phi) is 3.41. The maximum absolute atomic E-state index is 12.3. The van der Waals surface area contributed by atoms with Gasteiger partial charge >= 0.3 is 0 Å². The number of hydrogen-bond acceptors (Lipinski definition) is 1. The number of aryl methyl sites for hydroxylation is 2. The number of nitrogens with one attached hydrogen (secondary N) is 1. The van der Waals surface area contributed by atoms with Gasteiger partial charge in [-0.1, -0.05) is 43.7 Å². The summed E-state index contributed by atoms with van der Waals surface area (Å²) in [5, 5.41) is 3.17. The summed E-state index contributed by atoms with van der Waals surface area (Å²) < 4.78 is 1.69. The molecule has 0 atom stereocenters. The Bertz CT molecular complexity index is 605. The van der Waals surface area contributed by atoms with Gasteiger partial charge in [-0.3, -0.25) is 9.89 Å². The van der Waals surface area contributed by atoms with Crippen molar-refractivity contribution >= 4 is 0 Å². The van der Waals surface area contributed by atoms with E-state index >= 15 is 0 Å². The summed E-state index contributed by atoms with van der Waals surface area (Å²) in [4.78, 5) is 12.3. The number of nitrogens with zero attached hydrogens (tertiary/aromatic N) is 1. The first-order valence-corrected chi connectivity index (χ1v) is 6.34. The number of hydrogen-bond donors (Lipinski definition) is 1. The lowest BCUT2D eigenvalue weighted by Crippen LogP contribution is -2.20. The highest BCUT2D eigenvalue weighted by atomic mass is 16.1. The van der Waals surface area contributed by atoms with E-state index in [9.17, 15) is 4.79 Å². The monoisotopic (exact) mass is 244 g/mol. The van der Waals surface area contributed by atoms with Crippen molar-refractivity contribution in [3.05, 3.63) is 57.0 Å². The average molecular weight is 244 g/mol. The second kappa shape index (κ2) is 4.84. The van der Waals surface area contributed by atoms with Crippen LogP contribution in [0.5, 0.6) is 0 Å². The third-order valence-corrected chi connectivity index (χ3v) is 3.18. The molecule has 1 N–H and O–H groups in total. The zero-order chi connectivity index (χ0) is 13.3. The van der Waals surface area contributed by atoms with Gasteiger partial charge in [0.2, 0.25) is 0 Å². The maximum atomic E-state index is 12.3. The average Bonchev–Trinajstić information content (AvgIpc) is 2.54. The summed E-state index contributed by atoms with van der Waals surface area (Å²) in [6.07, 6.45) is 0. The van der Waals surface area contributed by atoms with E-state index < -0.39 is 0 Å². The predicted molar refractivity (Wildman–Crippen MR) is 74.2 cm³/mol. The van der Waals surface area contributed by atoms with E-state index in [0.29, 0.717) is 6.54 Å². The molecule has 1 aromatic heterocycles. The second-order valence-electron chi connectivity index (χ2n) is 5.19. The first kappa shape index (κ1) is 12.7. The van der Waals surface area contributed by atoms with E-state index in [1.54, 1.807) is 4.68 Å². The molecule has 0 amide bonds. The fraction of sp³-hybridized carbons (Fsp3) is 0.400. The minimum Gasteiger partial charge on any atom is -0.299 e. The Morgan fingerprint density at radius 2 is 2.00 bits per heavy atom. The third-order valence-electron chi connectivity index (χ3n) is 3.18. The SMILES string of the molecule is Cc1cccc(Cn2[nH]c(C)c(C(C)C)c2=O)c1. The molecule has 2 aromatic rings. The van der Waals surface area contributed by atoms with Crippen molar-refractivity contribution in [1.29, 1.82) is 0 Å². The lowest BCUT2D eigenvalue weighted by molar-refractivity contribution is 0.655. The van der Waals surface area contributed by atoms with Crippen molar-refractivity contribution in [1.82, 2.24) is 9.78 Å². The zero-order valence-electron chi connectivity index (χ0n) is 11.4. The molecule has 0 saturated heterocycles. The van der Waals surface area contributed by atoms with E-state index in [1.165, 1.54) is 5.56 Å². The number of benzene rings is 1. The summed E-state index contributed by atoms with van der Waals surface area (Å²) in [7, 11) is 0. The molecule has 0 unspecified atom stereocenters. The fourth-order valence-electron chi connectivity index (χ4n) is 2.40. The first-order chi connectivity index (χ1) is 8.49. The van der Waals surface area contributed by atoms with Crippen molar-refractivity contribution < 1.29 is 0 Å². The summed E-state index contributed by atoms with van der Waals surface area (Å²) in [6.45, 7) is 8.73. The van der Waals surface area contributed by atoms with E-state index in [-0.39, 0.29) is 11.5 Å². The molecule has 0 fully saturated rings. The lowest BCUT2D eigenvalue weighted by atomic mass is 10.1. The third kappa shape index (κ3) is 2.40. The lowest BCUT2D eigenvalue weighted by Gasteiger charge is -2.03.